The largest absolute Gasteiger partial charge is 0.250 e. The van der Waals surface area contributed by atoms with E-state index in [1.54, 1.807) is 6.21 Å². The van der Waals surface area contributed by atoms with Crippen LogP contribution in [-0.4, -0.2) is 6.21 Å². The fourth-order valence-corrected chi connectivity index (χ4v) is 0.911. The molecule has 0 unspecified atom stereocenters. The highest BCUT2D eigenvalue weighted by atomic mass is 127. The van der Waals surface area contributed by atoms with Gasteiger partial charge in [0.15, 0.2) is 0 Å². The molecule has 0 saturated carbocycles. The lowest BCUT2D eigenvalue weighted by molar-refractivity contribution is 1.63. The van der Waals surface area contributed by atoms with Crippen molar-refractivity contribution in [2.24, 2.45) is 4.99 Å². The number of hydrogen-bond donors (Lipinski definition) is 0. The summed E-state index contributed by atoms with van der Waals surface area (Å²) in [5.74, 6) is 0. The molecule has 0 radical (unpaired) electrons. The van der Waals surface area contributed by atoms with E-state index < -0.39 is 0 Å². The van der Waals surface area contributed by atoms with Gasteiger partial charge in [0, 0.05) is 6.21 Å². The second kappa shape index (κ2) is 1.78. The Balaban J connectivity index is 2.88. The van der Waals surface area contributed by atoms with Crippen molar-refractivity contribution in [2.45, 2.75) is 0 Å². The van der Waals surface area contributed by atoms with Gasteiger partial charge in [-0.05, 0) is 34.2 Å². The Morgan fingerprint density at radius 2 is 2.43 bits per heavy atom. The maximum atomic E-state index is 3.94. The fraction of sp³-hybridized carbons (Fsp3) is 0. The predicted octanol–water partition coefficient (Wildman–Crippen LogP) is 1.90. The topological polar surface area (TPSA) is 12.4 Å². The van der Waals surface area contributed by atoms with Crippen LogP contribution in [0.1, 0.15) is 0 Å². The average molecular weight is 205 g/mol. The standard InChI is InChI=1S/C5H4IN/c1-4-2-5(6)7-3-4/h2-3H,1H2. The van der Waals surface area contributed by atoms with Crippen molar-refractivity contribution in [1.82, 2.24) is 0 Å². The van der Waals surface area contributed by atoms with Crippen LogP contribution in [0.2, 0.25) is 0 Å². The average Bonchev–Trinajstić information content (AvgIpc) is 1.87. The molecule has 1 aliphatic rings. The lowest BCUT2D eigenvalue weighted by atomic mass is 10.4. The van der Waals surface area contributed by atoms with Gasteiger partial charge in [0.2, 0.25) is 0 Å². The Hall–Kier alpha value is -0.120. The van der Waals surface area contributed by atoms with Gasteiger partial charge in [0.1, 0.15) is 3.70 Å². The number of halogens is 1. The maximum absolute atomic E-state index is 3.94. The van der Waals surface area contributed by atoms with E-state index in [1.165, 1.54) is 0 Å². The smallest absolute Gasteiger partial charge is 0.102 e. The Labute approximate surface area is 56.0 Å². The number of aliphatic imine (C=N–C) groups is 1. The van der Waals surface area contributed by atoms with E-state index >= 15 is 0 Å². The normalized spacial score (nSPS) is 17.9. The summed E-state index contributed by atoms with van der Waals surface area (Å²) >= 11 is 2.15. The minimum Gasteiger partial charge on any atom is -0.250 e. The summed E-state index contributed by atoms with van der Waals surface area (Å²) in [6.07, 6.45) is 3.68. The van der Waals surface area contributed by atoms with E-state index in [4.69, 9.17) is 0 Å². The molecule has 0 spiro atoms. The van der Waals surface area contributed by atoms with Crippen LogP contribution in [0.4, 0.5) is 0 Å². The first-order valence-corrected chi connectivity index (χ1v) is 2.97. The zero-order chi connectivity index (χ0) is 5.28. The van der Waals surface area contributed by atoms with Crippen molar-refractivity contribution in [3.05, 3.63) is 21.9 Å². The van der Waals surface area contributed by atoms with Crippen LogP contribution in [0.3, 0.4) is 0 Å². The van der Waals surface area contributed by atoms with Crippen LogP contribution in [0.15, 0.2) is 26.9 Å². The summed E-state index contributed by atoms with van der Waals surface area (Å²) in [6.45, 7) is 3.67. The Kier molecular flexibility index (Phi) is 1.27. The van der Waals surface area contributed by atoms with Crippen molar-refractivity contribution in [3.63, 3.8) is 0 Å². The van der Waals surface area contributed by atoms with E-state index in [-0.39, 0.29) is 0 Å². The third kappa shape index (κ3) is 1.12. The quantitative estimate of drug-likeness (QED) is 0.423. The molecule has 1 rings (SSSR count). The molecule has 0 aromatic heterocycles. The van der Waals surface area contributed by atoms with Crippen molar-refractivity contribution in [2.75, 3.05) is 0 Å². The minimum atomic E-state index is 0.990. The summed E-state index contributed by atoms with van der Waals surface area (Å²) in [6, 6.07) is 0. The van der Waals surface area contributed by atoms with Gasteiger partial charge in [-0.1, -0.05) is 6.58 Å². The summed E-state index contributed by atoms with van der Waals surface area (Å²) in [4.78, 5) is 3.94. The molecular weight excluding hydrogens is 201 g/mol. The van der Waals surface area contributed by atoms with E-state index in [9.17, 15) is 0 Å². The van der Waals surface area contributed by atoms with Gasteiger partial charge in [-0.2, -0.15) is 0 Å². The predicted molar refractivity (Wildman–Crippen MR) is 39.7 cm³/mol. The summed E-state index contributed by atoms with van der Waals surface area (Å²) in [5.41, 5.74) is 0.990. The molecule has 0 aromatic carbocycles. The van der Waals surface area contributed by atoms with E-state index in [2.05, 4.69) is 34.2 Å². The molecule has 0 aliphatic carbocycles. The summed E-state index contributed by atoms with van der Waals surface area (Å²) in [5, 5.41) is 0. The van der Waals surface area contributed by atoms with Crippen molar-refractivity contribution in [1.29, 1.82) is 0 Å². The van der Waals surface area contributed by atoms with Crippen molar-refractivity contribution < 1.29 is 0 Å². The first kappa shape index (κ1) is 5.03. The van der Waals surface area contributed by atoms with Crippen molar-refractivity contribution >= 4 is 28.8 Å². The van der Waals surface area contributed by atoms with Gasteiger partial charge in [-0.15, -0.1) is 0 Å². The molecule has 2 heteroatoms. The highest BCUT2D eigenvalue weighted by molar-refractivity contribution is 14.1. The van der Waals surface area contributed by atoms with Gasteiger partial charge in [0.25, 0.3) is 0 Å². The highest BCUT2D eigenvalue weighted by Gasteiger charge is 1.93. The molecule has 0 N–H and O–H groups in total. The summed E-state index contributed by atoms with van der Waals surface area (Å²) < 4.78 is 1.02. The number of hydrogen-bond acceptors (Lipinski definition) is 1. The zero-order valence-corrected chi connectivity index (χ0v) is 5.84. The second-order valence-electron chi connectivity index (χ2n) is 1.30. The molecule has 0 bridgehead atoms. The molecule has 0 fully saturated rings. The van der Waals surface area contributed by atoms with Gasteiger partial charge >= 0.3 is 0 Å². The second-order valence-corrected chi connectivity index (χ2v) is 2.41. The summed E-state index contributed by atoms with van der Waals surface area (Å²) in [7, 11) is 0. The molecule has 1 aliphatic heterocycles. The first-order valence-electron chi connectivity index (χ1n) is 1.89. The Morgan fingerprint density at radius 1 is 1.71 bits per heavy atom. The molecule has 0 amide bonds. The molecule has 1 nitrogen and oxygen atoms in total. The van der Waals surface area contributed by atoms with Gasteiger partial charge in [-0.25, -0.2) is 4.99 Å². The minimum absolute atomic E-state index is 0.990. The van der Waals surface area contributed by atoms with Crippen LogP contribution >= 0.6 is 22.6 Å². The van der Waals surface area contributed by atoms with E-state index in [0.29, 0.717) is 0 Å². The fourth-order valence-electron chi connectivity index (χ4n) is 0.372. The van der Waals surface area contributed by atoms with Gasteiger partial charge in [-0.3, -0.25) is 0 Å². The first-order chi connectivity index (χ1) is 3.29. The number of allylic oxidation sites excluding steroid dienone is 2. The SMILES string of the molecule is C=C1C=NC(I)=C1. The molecule has 36 valence electrons. The van der Waals surface area contributed by atoms with E-state index in [1.807, 2.05) is 6.08 Å². The monoisotopic (exact) mass is 205 g/mol. The van der Waals surface area contributed by atoms with Crippen LogP contribution in [0.5, 0.6) is 0 Å². The van der Waals surface area contributed by atoms with Crippen LogP contribution in [0.25, 0.3) is 0 Å². The highest BCUT2D eigenvalue weighted by Crippen LogP contribution is 2.14. The van der Waals surface area contributed by atoms with Gasteiger partial charge in [0.05, 0.1) is 0 Å². The Morgan fingerprint density at radius 3 is 2.57 bits per heavy atom. The Bertz CT molecular complexity index is 155. The zero-order valence-electron chi connectivity index (χ0n) is 3.69. The van der Waals surface area contributed by atoms with Crippen LogP contribution in [0, 0.1) is 0 Å². The number of rotatable bonds is 0. The molecular formula is C5H4IN. The molecule has 7 heavy (non-hydrogen) atoms. The maximum Gasteiger partial charge on any atom is 0.102 e. The van der Waals surface area contributed by atoms with Crippen LogP contribution in [-0.2, 0) is 0 Å². The lowest BCUT2D eigenvalue weighted by Crippen LogP contribution is -1.62. The van der Waals surface area contributed by atoms with Crippen molar-refractivity contribution in [3.8, 4) is 0 Å². The molecule has 1 heterocycles. The molecule has 0 saturated heterocycles. The number of nitrogens with zero attached hydrogens (tertiary/aromatic N) is 1. The molecule has 0 aromatic rings. The van der Waals surface area contributed by atoms with Gasteiger partial charge < -0.3 is 0 Å². The third-order valence-corrected chi connectivity index (χ3v) is 1.25. The van der Waals surface area contributed by atoms with Crippen LogP contribution < -0.4 is 0 Å². The lowest BCUT2D eigenvalue weighted by Gasteiger charge is -1.71. The third-order valence-electron chi connectivity index (χ3n) is 0.658. The van der Waals surface area contributed by atoms with E-state index in [0.717, 1.165) is 9.28 Å². The molecule has 0 atom stereocenters.